The number of hydrogen-bond donors (Lipinski definition) is 0. The summed E-state index contributed by atoms with van der Waals surface area (Å²) in [6.45, 7) is 2.88. The number of nitrogens with zero attached hydrogens (tertiary/aromatic N) is 6. The summed E-state index contributed by atoms with van der Waals surface area (Å²) < 4.78 is 12.2. The average Bonchev–Trinajstić information content (AvgIpc) is 3.60. The van der Waals surface area contributed by atoms with Crippen LogP contribution < -0.4 is 5.69 Å². The molecular weight excluding hydrogens is 476 g/mol. The van der Waals surface area contributed by atoms with Crippen LogP contribution in [0.15, 0.2) is 65.8 Å². The fourth-order valence-electron chi connectivity index (χ4n) is 4.88. The van der Waals surface area contributed by atoms with Crippen LogP contribution >= 0.6 is 11.6 Å². The minimum Gasteiger partial charge on any atom is -0.353 e. The molecule has 0 saturated heterocycles. The van der Waals surface area contributed by atoms with Crippen LogP contribution in [0.5, 0.6) is 0 Å². The minimum absolute atomic E-state index is 0.0411. The zero-order valence-electron chi connectivity index (χ0n) is 20.0. The first-order valence-electron chi connectivity index (χ1n) is 12.4. The molecule has 184 valence electrons. The van der Waals surface area contributed by atoms with Gasteiger partial charge >= 0.3 is 5.69 Å². The lowest BCUT2D eigenvalue weighted by Crippen LogP contribution is -2.26. The second-order valence-electron chi connectivity index (χ2n) is 9.24. The number of ether oxygens (including phenoxy) is 1. The van der Waals surface area contributed by atoms with Crippen LogP contribution in [0.4, 0.5) is 0 Å². The number of imidazole rings is 2. The molecule has 1 aromatic carbocycles. The minimum atomic E-state index is -0.278. The van der Waals surface area contributed by atoms with Gasteiger partial charge in [-0.05, 0) is 37.0 Å². The van der Waals surface area contributed by atoms with Gasteiger partial charge in [0.25, 0.3) is 0 Å². The quantitative estimate of drug-likeness (QED) is 0.249. The SMILES string of the molecule is CCCC(OCc1ccccc1)n1c(Cn2c(=O)n(C3CC3)c3ccncc32)nc2c(Cl)nccc21. The van der Waals surface area contributed by atoms with Crippen molar-refractivity contribution < 1.29 is 4.74 Å². The molecule has 0 spiro atoms. The molecule has 1 atom stereocenters. The van der Waals surface area contributed by atoms with Gasteiger partial charge < -0.3 is 4.74 Å². The van der Waals surface area contributed by atoms with E-state index in [1.807, 2.05) is 34.9 Å². The Kier molecular flexibility index (Phi) is 6.07. The Balaban J connectivity index is 1.46. The molecule has 9 heteroatoms. The number of rotatable bonds is 9. The Labute approximate surface area is 213 Å². The second-order valence-corrected chi connectivity index (χ2v) is 9.60. The summed E-state index contributed by atoms with van der Waals surface area (Å²) in [4.78, 5) is 27.0. The molecule has 1 fully saturated rings. The normalized spacial score (nSPS) is 14.6. The van der Waals surface area contributed by atoms with Gasteiger partial charge in [-0.2, -0.15) is 0 Å². The molecule has 1 aliphatic carbocycles. The number of benzene rings is 1. The van der Waals surface area contributed by atoms with Gasteiger partial charge in [0.05, 0.1) is 35.9 Å². The highest BCUT2D eigenvalue weighted by Gasteiger charge is 2.30. The lowest BCUT2D eigenvalue weighted by molar-refractivity contribution is -0.0148. The van der Waals surface area contributed by atoms with E-state index < -0.39 is 0 Å². The number of halogens is 1. The van der Waals surface area contributed by atoms with Crippen molar-refractivity contribution >= 4 is 33.7 Å². The van der Waals surface area contributed by atoms with Gasteiger partial charge in [0.15, 0.2) is 5.15 Å². The molecule has 4 heterocycles. The summed E-state index contributed by atoms with van der Waals surface area (Å²) in [5.41, 5.74) is 4.21. The Hall–Kier alpha value is -3.49. The highest BCUT2D eigenvalue weighted by Crippen LogP contribution is 2.36. The zero-order chi connectivity index (χ0) is 24.6. The van der Waals surface area contributed by atoms with Crippen LogP contribution in [0.25, 0.3) is 22.1 Å². The average molecular weight is 503 g/mol. The summed E-state index contributed by atoms with van der Waals surface area (Å²) in [6, 6.07) is 14.2. The predicted molar refractivity (Wildman–Crippen MR) is 139 cm³/mol. The zero-order valence-corrected chi connectivity index (χ0v) is 20.8. The Morgan fingerprint density at radius 3 is 2.67 bits per heavy atom. The summed E-state index contributed by atoms with van der Waals surface area (Å²) in [5.74, 6) is 0.701. The Bertz CT molecular complexity index is 1580. The van der Waals surface area contributed by atoms with Crippen LogP contribution in [0.2, 0.25) is 5.15 Å². The number of aromatic nitrogens is 6. The van der Waals surface area contributed by atoms with Crippen LogP contribution in [-0.4, -0.2) is 28.7 Å². The van der Waals surface area contributed by atoms with Crippen molar-refractivity contribution in [3.8, 4) is 0 Å². The van der Waals surface area contributed by atoms with E-state index in [-0.39, 0.29) is 24.5 Å². The van der Waals surface area contributed by atoms with E-state index in [4.69, 9.17) is 21.3 Å². The van der Waals surface area contributed by atoms with E-state index in [2.05, 4.69) is 33.6 Å². The van der Waals surface area contributed by atoms with Gasteiger partial charge in [0, 0.05) is 18.4 Å². The Morgan fingerprint density at radius 2 is 1.89 bits per heavy atom. The largest absolute Gasteiger partial charge is 0.353 e. The van der Waals surface area contributed by atoms with Crippen molar-refractivity contribution in [2.75, 3.05) is 0 Å². The fourth-order valence-corrected chi connectivity index (χ4v) is 5.07. The molecule has 1 saturated carbocycles. The number of pyridine rings is 2. The third-order valence-electron chi connectivity index (χ3n) is 6.72. The van der Waals surface area contributed by atoms with Gasteiger partial charge in [0.1, 0.15) is 17.6 Å². The van der Waals surface area contributed by atoms with E-state index in [1.165, 1.54) is 0 Å². The molecule has 0 aliphatic heterocycles. The van der Waals surface area contributed by atoms with Gasteiger partial charge in [-0.15, -0.1) is 0 Å². The lowest BCUT2D eigenvalue weighted by Gasteiger charge is -2.22. The highest BCUT2D eigenvalue weighted by molar-refractivity contribution is 6.33. The van der Waals surface area contributed by atoms with Gasteiger partial charge in [0.2, 0.25) is 0 Å². The van der Waals surface area contributed by atoms with Crippen molar-refractivity contribution in [1.29, 1.82) is 0 Å². The molecule has 0 N–H and O–H groups in total. The topological polar surface area (TPSA) is 79.8 Å². The summed E-state index contributed by atoms with van der Waals surface area (Å²) in [5, 5.41) is 0.334. The molecule has 5 aromatic rings. The van der Waals surface area contributed by atoms with Crippen molar-refractivity contribution in [1.82, 2.24) is 28.7 Å². The first kappa shape index (κ1) is 22.9. The molecule has 0 radical (unpaired) electrons. The second kappa shape index (κ2) is 9.52. The molecule has 1 aliphatic rings. The van der Waals surface area contributed by atoms with Crippen molar-refractivity contribution in [3.05, 3.63) is 88.1 Å². The monoisotopic (exact) mass is 502 g/mol. The maximum atomic E-state index is 13.6. The molecule has 4 aromatic heterocycles. The first-order valence-corrected chi connectivity index (χ1v) is 12.7. The third kappa shape index (κ3) is 4.10. The van der Waals surface area contributed by atoms with Crippen LogP contribution in [0, 0.1) is 0 Å². The molecule has 8 nitrogen and oxygen atoms in total. The highest BCUT2D eigenvalue weighted by atomic mass is 35.5. The van der Waals surface area contributed by atoms with Gasteiger partial charge in [-0.25, -0.2) is 14.8 Å². The van der Waals surface area contributed by atoms with Gasteiger partial charge in [-0.1, -0.05) is 55.3 Å². The molecule has 36 heavy (non-hydrogen) atoms. The summed E-state index contributed by atoms with van der Waals surface area (Å²) >= 11 is 6.47. The standard InChI is InChI=1S/C27H27ClN6O2/c1-2-6-24(36-17-18-7-4-3-5-8-18)34-21-12-14-30-26(28)25(21)31-23(34)16-32-22-15-29-13-11-20(22)33(27(32)35)19-9-10-19/h3-5,7-8,11-15,19,24H,2,6,9-10,16-17H2,1H3. The number of fused-ring (bicyclic) bond motifs is 2. The summed E-state index contributed by atoms with van der Waals surface area (Å²) in [7, 11) is 0. The predicted octanol–water partition coefficient (Wildman–Crippen LogP) is 5.49. The molecule has 6 rings (SSSR count). The summed E-state index contributed by atoms with van der Waals surface area (Å²) in [6.07, 6.45) is 8.64. The van der Waals surface area contributed by atoms with Crippen LogP contribution in [-0.2, 0) is 17.9 Å². The van der Waals surface area contributed by atoms with Crippen molar-refractivity contribution in [2.24, 2.45) is 0 Å². The molecular formula is C27H27ClN6O2. The van der Waals surface area contributed by atoms with E-state index >= 15 is 0 Å². The van der Waals surface area contributed by atoms with E-state index in [0.29, 0.717) is 23.1 Å². The molecule has 0 amide bonds. The maximum Gasteiger partial charge on any atom is 0.329 e. The van der Waals surface area contributed by atoms with E-state index in [1.54, 1.807) is 23.2 Å². The van der Waals surface area contributed by atoms with E-state index in [9.17, 15) is 4.79 Å². The smallest absolute Gasteiger partial charge is 0.329 e. The van der Waals surface area contributed by atoms with Gasteiger partial charge in [-0.3, -0.25) is 18.7 Å². The van der Waals surface area contributed by atoms with Crippen molar-refractivity contribution in [2.45, 2.75) is 58.0 Å². The van der Waals surface area contributed by atoms with Crippen molar-refractivity contribution in [3.63, 3.8) is 0 Å². The molecule has 0 bridgehead atoms. The fraction of sp³-hybridized carbons (Fsp3) is 0.333. The van der Waals surface area contributed by atoms with E-state index in [0.717, 1.165) is 47.8 Å². The Morgan fingerprint density at radius 1 is 1.08 bits per heavy atom. The lowest BCUT2D eigenvalue weighted by atomic mass is 10.2. The first-order chi connectivity index (χ1) is 17.7. The maximum absolute atomic E-state index is 13.6. The van der Waals surface area contributed by atoms with Crippen LogP contribution in [0.1, 0.15) is 56.3 Å². The number of hydrogen-bond acceptors (Lipinski definition) is 5. The molecule has 1 unspecified atom stereocenters. The van der Waals surface area contributed by atoms with Crippen LogP contribution in [0.3, 0.4) is 0 Å². The third-order valence-corrected chi connectivity index (χ3v) is 7.00.